The smallest absolute Gasteiger partial charge is 0.281 e. The lowest BCUT2D eigenvalue weighted by Gasteiger charge is -2.06. The first-order valence-electron chi connectivity index (χ1n) is 8.39. The first-order valence-corrected chi connectivity index (χ1v) is 11.1. The Labute approximate surface area is 169 Å². The van der Waals surface area contributed by atoms with Gasteiger partial charge in [0.1, 0.15) is 0 Å². The maximum Gasteiger partial charge on any atom is 0.281 e. The predicted octanol–water partition coefficient (Wildman–Crippen LogP) is 2.50. The van der Waals surface area contributed by atoms with Crippen molar-refractivity contribution in [3.8, 4) is 5.69 Å². The van der Waals surface area contributed by atoms with Crippen LogP contribution in [0.4, 0.5) is 5.13 Å². The Balaban J connectivity index is 1.65. The van der Waals surface area contributed by atoms with Gasteiger partial charge in [-0.1, -0.05) is 29.5 Å². The number of fused-ring (bicyclic) bond motifs is 1. The molecule has 0 saturated carbocycles. The summed E-state index contributed by atoms with van der Waals surface area (Å²) in [5.74, 6) is -0.692. The highest BCUT2D eigenvalue weighted by Crippen LogP contribution is 2.28. The molecule has 146 valence electrons. The first-order chi connectivity index (χ1) is 13.8. The van der Waals surface area contributed by atoms with Crippen LogP contribution >= 0.6 is 11.3 Å². The molecule has 0 unspecified atom stereocenters. The number of carbonyl (C=O) groups excluding carboxylic acids is 1. The van der Waals surface area contributed by atoms with Crippen molar-refractivity contribution in [2.24, 2.45) is 0 Å². The lowest BCUT2D eigenvalue weighted by atomic mass is 10.3. The number of thiazole rings is 1. The fourth-order valence-corrected chi connectivity index (χ4v) is 4.26. The molecule has 0 aliphatic rings. The van der Waals surface area contributed by atoms with Gasteiger partial charge in [0.2, 0.25) is 5.43 Å². The monoisotopic (exact) mass is 426 g/mol. The Morgan fingerprint density at radius 1 is 1.10 bits per heavy atom. The molecule has 0 fully saturated rings. The zero-order valence-corrected chi connectivity index (χ0v) is 16.7. The Morgan fingerprint density at radius 3 is 2.59 bits per heavy atom. The van der Waals surface area contributed by atoms with E-state index in [2.05, 4.69) is 15.4 Å². The van der Waals surface area contributed by atoms with Crippen molar-refractivity contribution in [2.75, 3.05) is 11.6 Å². The van der Waals surface area contributed by atoms with E-state index in [0.717, 1.165) is 17.6 Å². The van der Waals surface area contributed by atoms with E-state index in [1.807, 2.05) is 18.2 Å². The fourth-order valence-electron chi connectivity index (χ4n) is 2.63. The summed E-state index contributed by atoms with van der Waals surface area (Å²) in [7, 11) is -3.35. The topological polar surface area (TPSA) is 111 Å². The molecule has 0 spiro atoms. The van der Waals surface area contributed by atoms with Crippen LogP contribution in [0.2, 0.25) is 0 Å². The van der Waals surface area contributed by atoms with Crippen molar-refractivity contribution in [2.45, 2.75) is 4.90 Å². The molecule has 0 bridgehead atoms. The number of hydrogen-bond donors (Lipinski definition) is 1. The molecule has 2 aromatic carbocycles. The van der Waals surface area contributed by atoms with Gasteiger partial charge in [-0.2, -0.15) is 5.10 Å². The number of aromatic nitrogens is 3. The molecule has 29 heavy (non-hydrogen) atoms. The van der Waals surface area contributed by atoms with Crippen LogP contribution in [0.25, 0.3) is 15.9 Å². The molecule has 2 aromatic heterocycles. The van der Waals surface area contributed by atoms with Gasteiger partial charge in [0.25, 0.3) is 5.91 Å². The normalized spacial score (nSPS) is 11.5. The third kappa shape index (κ3) is 3.93. The summed E-state index contributed by atoms with van der Waals surface area (Å²) in [5, 5.41) is 6.94. The predicted molar refractivity (Wildman–Crippen MR) is 111 cm³/mol. The van der Waals surface area contributed by atoms with Crippen LogP contribution in [-0.2, 0) is 9.84 Å². The third-order valence-corrected chi connectivity index (χ3v) is 6.10. The Morgan fingerprint density at radius 2 is 1.86 bits per heavy atom. The molecule has 1 N–H and O–H groups in total. The molecular weight excluding hydrogens is 412 g/mol. The SMILES string of the molecule is CS(=O)(=O)c1ccc2nc(NC(=O)c3nn(-c4ccccc4)ccc3=O)sc2c1. The highest BCUT2D eigenvalue weighted by molar-refractivity contribution is 7.90. The van der Waals surface area contributed by atoms with E-state index in [9.17, 15) is 18.0 Å². The molecule has 2 heterocycles. The Bertz CT molecular complexity index is 1390. The molecule has 1 amide bonds. The number of hydrogen-bond acceptors (Lipinski definition) is 7. The molecule has 8 nitrogen and oxygen atoms in total. The molecule has 4 rings (SSSR count). The standard InChI is InChI=1S/C19H14N4O4S2/c1-29(26,27)13-7-8-14-16(11-13)28-19(20-14)21-18(25)17-15(24)9-10-23(22-17)12-5-3-2-4-6-12/h2-11H,1H3,(H,20,21,25). The Kier molecular flexibility index (Phi) is 4.73. The number of sulfone groups is 1. The minimum Gasteiger partial charge on any atom is -0.296 e. The number of anilines is 1. The molecular formula is C19H14N4O4S2. The first kappa shape index (κ1) is 19.0. The van der Waals surface area contributed by atoms with Gasteiger partial charge < -0.3 is 0 Å². The number of benzene rings is 2. The quantitative estimate of drug-likeness (QED) is 0.537. The van der Waals surface area contributed by atoms with Crippen molar-refractivity contribution in [3.63, 3.8) is 0 Å². The van der Waals surface area contributed by atoms with E-state index in [4.69, 9.17) is 0 Å². The van der Waals surface area contributed by atoms with Crippen molar-refractivity contribution in [3.05, 3.63) is 76.7 Å². The van der Waals surface area contributed by atoms with Gasteiger partial charge >= 0.3 is 0 Å². The van der Waals surface area contributed by atoms with E-state index < -0.39 is 21.2 Å². The molecule has 10 heteroatoms. The Hall–Kier alpha value is -3.37. The fraction of sp³-hybridized carbons (Fsp3) is 0.0526. The number of nitrogens with zero attached hydrogens (tertiary/aromatic N) is 3. The van der Waals surface area contributed by atoms with Gasteiger partial charge in [0, 0.05) is 18.5 Å². The lowest BCUT2D eigenvalue weighted by molar-refractivity contribution is 0.101. The van der Waals surface area contributed by atoms with Crippen LogP contribution in [0.1, 0.15) is 10.5 Å². The molecule has 0 aliphatic carbocycles. The van der Waals surface area contributed by atoms with E-state index >= 15 is 0 Å². The maximum atomic E-state index is 12.6. The van der Waals surface area contributed by atoms with Crippen molar-refractivity contribution < 1.29 is 13.2 Å². The summed E-state index contributed by atoms with van der Waals surface area (Å²) in [6.45, 7) is 0. The van der Waals surface area contributed by atoms with E-state index in [1.54, 1.807) is 18.2 Å². The van der Waals surface area contributed by atoms with Gasteiger partial charge in [0.05, 0.1) is 20.8 Å². The summed E-state index contributed by atoms with van der Waals surface area (Å²) in [5.41, 5.74) is 0.456. The summed E-state index contributed by atoms with van der Waals surface area (Å²) >= 11 is 1.11. The third-order valence-electron chi connectivity index (χ3n) is 4.05. The van der Waals surface area contributed by atoms with Gasteiger partial charge in [-0.15, -0.1) is 0 Å². The van der Waals surface area contributed by atoms with Crippen LogP contribution in [0, 0.1) is 0 Å². The number of rotatable bonds is 4. The molecule has 0 atom stereocenters. The van der Waals surface area contributed by atoms with Crippen molar-refractivity contribution in [1.82, 2.24) is 14.8 Å². The van der Waals surface area contributed by atoms with Crippen LogP contribution in [0.3, 0.4) is 0 Å². The minimum atomic E-state index is -3.35. The molecule has 0 saturated heterocycles. The average molecular weight is 426 g/mol. The lowest BCUT2D eigenvalue weighted by Crippen LogP contribution is -2.25. The second-order valence-corrected chi connectivity index (χ2v) is 9.23. The second kappa shape index (κ2) is 7.22. The van der Waals surface area contributed by atoms with Gasteiger partial charge in [-0.3, -0.25) is 14.9 Å². The number of amides is 1. The molecule has 0 radical (unpaired) electrons. The number of carbonyl (C=O) groups is 1. The number of para-hydroxylation sites is 1. The van der Waals surface area contributed by atoms with E-state index in [0.29, 0.717) is 15.9 Å². The summed E-state index contributed by atoms with van der Waals surface area (Å²) in [6.07, 6.45) is 2.61. The highest BCUT2D eigenvalue weighted by atomic mass is 32.2. The van der Waals surface area contributed by atoms with E-state index in [-0.39, 0.29) is 15.7 Å². The van der Waals surface area contributed by atoms with Crippen LogP contribution in [-0.4, -0.2) is 35.3 Å². The number of nitrogens with one attached hydrogen (secondary N) is 1. The van der Waals surface area contributed by atoms with E-state index in [1.165, 1.54) is 29.1 Å². The zero-order chi connectivity index (χ0) is 20.6. The van der Waals surface area contributed by atoms with Crippen LogP contribution in [0.5, 0.6) is 0 Å². The second-order valence-electron chi connectivity index (χ2n) is 6.18. The largest absolute Gasteiger partial charge is 0.296 e. The summed E-state index contributed by atoms with van der Waals surface area (Å²) < 4.78 is 25.4. The molecule has 0 aliphatic heterocycles. The summed E-state index contributed by atoms with van der Waals surface area (Å²) in [6, 6.07) is 14.9. The minimum absolute atomic E-state index is 0.169. The maximum absolute atomic E-state index is 12.6. The van der Waals surface area contributed by atoms with Crippen molar-refractivity contribution in [1.29, 1.82) is 0 Å². The van der Waals surface area contributed by atoms with Crippen LogP contribution < -0.4 is 10.7 Å². The molecule has 4 aromatic rings. The highest BCUT2D eigenvalue weighted by Gasteiger charge is 2.17. The summed E-state index contributed by atoms with van der Waals surface area (Å²) in [4.78, 5) is 29.2. The zero-order valence-electron chi connectivity index (χ0n) is 15.1. The van der Waals surface area contributed by atoms with Gasteiger partial charge in [-0.25, -0.2) is 18.1 Å². The van der Waals surface area contributed by atoms with Crippen LogP contribution in [0.15, 0.2) is 70.5 Å². The van der Waals surface area contributed by atoms with Gasteiger partial charge in [0.15, 0.2) is 20.7 Å². The average Bonchev–Trinajstić information content (AvgIpc) is 3.09. The van der Waals surface area contributed by atoms with Crippen molar-refractivity contribution >= 4 is 42.4 Å². The van der Waals surface area contributed by atoms with Gasteiger partial charge in [-0.05, 0) is 30.3 Å².